The number of nitrogens with two attached hydrogens (primary N) is 1. The minimum absolute atomic E-state index is 0.0742. The van der Waals surface area contributed by atoms with Gasteiger partial charge in [0.15, 0.2) is 17.2 Å². The molecule has 1 aliphatic heterocycles. The number of halogens is 1. The predicted octanol–water partition coefficient (Wildman–Crippen LogP) is 1.27. The first-order chi connectivity index (χ1) is 17.7. The van der Waals surface area contributed by atoms with E-state index >= 15 is 0 Å². The number of imidazole rings is 1. The first-order valence-electron chi connectivity index (χ1n) is 11.5. The molecule has 14 nitrogen and oxygen atoms in total. The van der Waals surface area contributed by atoms with Crippen molar-refractivity contribution in [1.82, 2.24) is 24.9 Å². The van der Waals surface area contributed by atoms with E-state index in [1.807, 2.05) is 6.07 Å². The average molecular weight is 527 g/mol. The molecule has 2 aromatic heterocycles. The summed E-state index contributed by atoms with van der Waals surface area (Å²) in [4.78, 5) is 33.6. The molecule has 2 fully saturated rings. The van der Waals surface area contributed by atoms with Gasteiger partial charge in [-0.1, -0.05) is 11.6 Å². The lowest BCUT2D eigenvalue weighted by Crippen LogP contribution is -2.54. The molecule has 1 saturated carbocycles. The fraction of sp³-hybridized carbons (Fsp3) is 0.364. The molecule has 0 radical (unpaired) electrons. The summed E-state index contributed by atoms with van der Waals surface area (Å²) >= 11 is 6.74. The van der Waals surface area contributed by atoms with Gasteiger partial charge >= 0.3 is 6.09 Å². The van der Waals surface area contributed by atoms with Crippen LogP contribution in [0.1, 0.15) is 35.3 Å². The zero-order valence-electron chi connectivity index (χ0n) is 19.3. The van der Waals surface area contributed by atoms with E-state index in [-0.39, 0.29) is 40.5 Å². The van der Waals surface area contributed by atoms with Gasteiger partial charge in [0.2, 0.25) is 11.9 Å². The van der Waals surface area contributed by atoms with Crippen molar-refractivity contribution in [1.29, 1.82) is 5.26 Å². The van der Waals surface area contributed by atoms with Gasteiger partial charge in [0.25, 0.3) is 0 Å². The number of β-amino-alcohol motifs (C(OH)–C–C–N with tert-alkyl or cyclic N) is 1. The third-order valence-electron chi connectivity index (χ3n) is 6.21. The zero-order chi connectivity index (χ0) is 26.3. The van der Waals surface area contributed by atoms with Crippen molar-refractivity contribution in [3.63, 3.8) is 0 Å². The number of aromatic nitrogens is 4. The zero-order valence-corrected chi connectivity index (χ0v) is 20.1. The summed E-state index contributed by atoms with van der Waals surface area (Å²) in [5.74, 6) is -0.151. The number of carboxylic acid groups (broad SMARTS) is 1. The van der Waals surface area contributed by atoms with E-state index in [2.05, 4.69) is 31.0 Å². The van der Waals surface area contributed by atoms with E-state index in [0.29, 0.717) is 30.1 Å². The predicted molar refractivity (Wildman–Crippen MR) is 133 cm³/mol. The number of carbonyl (C=O) groups excluding carboxylic acids is 1. The molecule has 2 amide bonds. The van der Waals surface area contributed by atoms with Crippen LogP contribution in [0.4, 0.5) is 27.9 Å². The summed E-state index contributed by atoms with van der Waals surface area (Å²) in [7, 11) is 0. The van der Waals surface area contributed by atoms with Gasteiger partial charge in [-0.05, 0) is 31.4 Å². The third kappa shape index (κ3) is 4.99. The molecule has 1 saturated heterocycles. The summed E-state index contributed by atoms with van der Waals surface area (Å²) < 4.78 is 1.36. The lowest BCUT2D eigenvalue weighted by molar-refractivity contribution is 0.1000. The molecular formula is C22H23ClN10O4. The second kappa shape index (κ2) is 9.60. The Hall–Kier alpha value is -4.35. The van der Waals surface area contributed by atoms with Gasteiger partial charge in [-0.2, -0.15) is 14.8 Å². The number of rotatable bonds is 7. The van der Waals surface area contributed by atoms with E-state index in [4.69, 9.17) is 22.4 Å². The van der Waals surface area contributed by atoms with Crippen LogP contribution < -0.4 is 26.6 Å². The Balaban J connectivity index is 1.50. The highest BCUT2D eigenvalue weighted by Gasteiger charge is 2.31. The Morgan fingerprint density at radius 2 is 2.05 bits per heavy atom. The second-order valence-corrected chi connectivity index (χ2v) is 9.28. The van der Waals surface area contributed by atoms with Crippen molar-refractivity contribution in [2.24, 2.45) is 5.73 Å². The first kappa shape index (κ1) is 24.3. The monoisotopic (exact) mass is 526 g/mol. The van der Waals surface area contributed by atoms with Crippen LogP contribution in [0.25, 0.3) is 5.65 Å². The highest BCUT2D eigenvalue weighted by Crippen LogP contribution is 2.37. The molecule has 0 unspecified atom stereocenters. The summed E-state index contributed by atoms with van der Waals surface area (Å²) in [6, 6.07) is 4.64. The van der Waals surface area contributed by atoms with Crippen LogP contribution in [-0.4, -0.2) is 73.1 Å². The molecule has 0 bridgehead atoms. The Morgan fingerprint density at radius 3 is 2.70 bits per heavy atom. The maximum Gasteiger partial charge on any atom is 0.404 e. The van der Waals surface area contributed by atoms with Crippen LogP contribution in [0.15, 0.2) is 18.3 Å². The van der Waals surface area contributed by atoms with Crippen LogP contribution >= 0.6 is 11.6 Å². The summed E-state index contributed by atoms with van der Waals surface area (Å²) in [6.07, 6.45) is 1.49. The van der Waals surface area contributed by atoms with Gasteiger partial charge in [-0.25, -0.2) is 9.78 Å². The van der Waals surface area contributed by atoms with E-state index in [1.54, 1.807) is 4.90 Å². The second-order valence-electron chi connectivity index (χ2n) is 8.90. The van der Waals surface area contributed by atoms with Gasteiger partial charge in [-0.15, -0.1) is 5.10 Å². The topological polar surface area (TPSA) is 207 Å². The Kier molecular flexibility index (Phi) is 6.32. The van der Waals surface area contributed by atoms with Gasteiger partial charge in [0.05, 0.1) is 34.7 Å². The Labute approximate surface area is 215 Å². The number of hydrogen-bond acceptors (Lipinski definition) is 10. The SMILES string of the molecule is N#Cc1cnc2c(NC3CC3)nc(Nc3cc(C(N)=O)cc(N4CC[C@H](NC(=O)O)[C@H](O)C4)c3Cl)nn12. The third-order valence-corrected chi connectivity index (χ3v) is 6.61. The fourth-order valence-corrected chi connectivity index (χ4v) is 4.47. The van der Waals surface area contributed by atoms with E-state index < -0.39 is 24.1 Å². The molecule has 2 aliphatic rings. The van der Waals surface area contributed by atoms with E-state index in [0.717, 1.165) is 12.8 Å². The number of benzene rings is 1. The molecule has 3 aromatic rings. The Bertz CT molecular complexity index is 1430. The average Bonchev–Trinajstić information content (AvgIpc) is 3.57. The molecule has 2 atom stereocenters. The number of nitriles is 1. The summed E-state index contributed by atoms with van der Waals surface area (Å²) in [5.41, 5.74) is 7.04. The molecule has 5 rings (SSSR count). The number of fused-ring (bicyclic) bond motifs is 1. The number of piperidine rings is 1. The molecular weight excluding hydrogens is 504 g/mol. The quantitative estimate of drug-likeness (QED) is 0.258. The van der Waals surface area contributed by atoms with Crippen molar-refractivity contribution in [2.45, 2.75) is 37.5 Å². The minimum Gasteiger partial charge on any atom is -0.465 e. The van der Waals surface area contributed by atoms with E-state index in [9.17, 15) is 20.0 Å². The lowest BCUT2D eigenvalue weighted by Gasteiger charge is -2.37. The van der Waals surface area contributed by atoms with E-state index in [1.165, 1.54) is 22.8 Å². The molecule has 192 valence electrons. The molecule has 1 aromatic carbocycles. The number of aliphatic hydroxyl groups excluding tert-OH is 1. The number of nitrogens with zero attached hydrogens (tertiary/aromatic N) is 6. The van der Waals surface area contributed by atoms with Crippen LogP contribution in [0.5, 0.6) is 0 Å². The van der Waals surface area contributed by atoms with Crippen molar-refractivity contribution in [3.8, 4) is 6.07 Å². The largest absolute Gasteiger partial charge is 0.465 e. The molecule has 15 heteroatoms. The molecule has 1 aliphatic carbocycles. The van der Waals surface area contributed by atoms with Crippen molar-refractivity contribution >= 4 is 52.4 Å². The smallest absolute Gasteiger partial charge is 0.404 e. The fourth-order valence-electron chi connectivity index (χ4n) is 4.20. The summed E-state index contributed by atoms with van der Waals surface area (Å²) in [6.45, 7) is 0.437. The van der Waals surface area contributed by atoms with Crippen molar-refractivity contribution < 1.29 is 19.8 Å². The van der Waals surface area contributed by atoms with Gasteiger partial charge < -0.3 is 36.8 Å². The highest BCUT2D eigenvalue weighted by atomic mass is 35.5. The molecule has 3 heterocycles. The maximum absolute atomic E-state index is 12.1. The number of carbonyl (C=O) groups is 2. The highest BCUT2D eigenvalue weighted by molar-refractivity contribution is 6.36. The standard InChI is InChI=1S/C22H23ClN10O4/c23-17-14(28-21-30-19(27-11-1-2-11)20-26-8-12(7-24)33(20)31-21)5-10(18(25)35)6-15(17)32-4-3-13(16(34)9-32)29-22(36)37/h5-6,8,11,13,16,29,34H,1-4,9H2,(H2,25,35)(H,36,37)(H2,27,28,30,31)/t13-,16+/m0/s1. The van der Waals surface area contributed by atoms with Crippen LogP contribution in [0.2, 0.25) is 5.02 Å². The maximum atomic E-state index is 12.1. The number of primary amides is 1. The number of nitrogens with one attached hydrogen (secondary N) is 3. The van der Waals surface area contributed by atoms with Crippen LogP contribution in [0, 0.1) is 11.3 Å². The number of anilines is 4. The van der Waals surface area contributed by atoms with Crippen molar-refractivity contribution in [2.75, 3.05) is 28.6 Å². The normalized spacial score (nSPS) is 19.3. The summed E-state index contributed by atoms with van der Waals surface area (Å²) in [5, 5.41) is 42.1. The van der Waals surface area contributed by atoms with Crippen molar-refractivity contribution in [3.05, 3.63) is 34.6 Å². The van der Waals surface area contributed by atoms with Gasteiger partial charge in [-0.3, -0.25) is 4.79 Å². The number of aliphatic hydroxyl groups is 1. The Morgan fingerprint density at radius 1 is 1.27 bits per heavy atom. The first-order valence-corrected chi connectivity index (χ1v) is 11.9. The molecule has 0 spiro atoms. The lowest BCUT2D eigenvalue weighted by atomic mass is 10.0. The molecule has 7 N–H and O–H groups in total. The van der Waals surface area contributed by atoms with Gasteiger partial charge in [0.1, 0.15) is 6.07 Å². The number of amides is 2. The van der Waals surface area contributed by atoms with Crippen LogP contribution in [0.3, 0.4) is 0 Å². The van der Waals surface area contributed by atoms with Crippen LogP contribution in [-0.2, 0) is 0 Å². The van der Waals surface area contributed by atoms with Gasteiger partial charge in [0, 0.05) is 24.7 Å². The number of hydrogen-bond donors (Lipinski definition) is 6. The minimum atomic E-state index is -1.22. The molecule has 37 heavy (non-hydrogen) atoms.